The first-order chi connectivity index (χ1) is 12.5. The Hall–Kier alpha value is -2.86. The van der Waals surface area contributed by atoms with E-state index in [-0.39, 0.29) is 17.2 Å². The molecule has 1 fully saturated rings. The van der Waals surface area contributed by atoms with Gasteiger partial charge < -0.3 is 4.90 Å². The molecule has 3 amide bonds. The van der Waals surface area contributed by atoms with E-state index < -0.39 is 5.91 Å². The number of hydrogen-bond donors (Lipinski definition) is 1. The molecule has 132 valence electrons. The van der Waals surface area contributed by atoms with Crippen LogP contribution in [0.2, 0.25) is 0 Å². The zero-order chi connectivity index (χ0) is 18.7. The highest BCUT2D eigenvalue weighted by Gasteiger charge is 2.25. The zero-order valence-electron chi connectivity index (χ0n) is 14.4. The molecule has 0 unspecified atom stereocenters. The number of hydrogen-bond acceptors (Lipinski definition) is 4. The van der Waals surface area contributed by atoms with Crippen molar-refractivity contribution in [1.29, 1.82) is 0 Å². The van der Waals surface area contributed by atoms with Crippen LogP contribution in [0.5, 0.6) is 0 Å². The Morgan fingerprint density at radius 3 is 2.31 bits per heavy atom. The normalized spacial score (nSPS) is 16.5. The fourth-order valence-corrected chi connectivity index (χ4v) is 3.31. The molecule has 1 aliphatic rings. The largest absolute Gasteiger partial charge is 0.335 e. The number of nitrogens with zero attached hydrogens (tertiary/aromatic N) is 1. The summed E-state index contributed by atoms with van der Waals surface area (Å²) in [6, 6.07) is 16.8. The van der Waals surface area contributed by atoms with Crippen LogP contribution in [0.4, 0.5) is 4.79 Å². The molecule has 0 saturated carbocycles. The average molecular weight is 366 g/mol. The quantitative estimate of drug-likeness (QED) is 0.835. The molecule has 0 bridgehead atoms. The van der Waals surface area contributed by atoms with Crippen molar-refractivity contribution in [3.8, 4) is 0 Å². The van der Waals surface area contributed by atoms with Crippen molar-refractivity contribution < 1.29 is 14.4 Å². The first-order valence-electron chi connectivity index (χ1n) is 8.13. The highest BCUT2D eigenvalue weighted by Crippen LogP contribution is 2.26. The summed E-state index contributed by atoms with van der Waals surface area (Å²) in [6.45, 7) is 1.99. The molecule has 1 N–H and O–H groups in total. The molecule has 2 aromatic carbocycles. The van der Waals surface area contributed by atoms with Gasteiger partial charge in [-0.1, -0.05) is 42.5 Å². The van der Waals surface area contributed by atoms with E-state index in [4.69, 9.17) is 0 Å². The second-order valence-corrected chi connectivity index (χ2v) is 6.99. The summed E-state index contributed by atoms with van der Waals surface area (Å²) >= 11 is 0.872. The summed E-state index contributed by atoms with van der Waals surface area (Å²) in [4.78, 5) is 37.5. The topological polar surface area (TPSA) is 66.5 Å². The van der Waals surface area contributed by atoms with Crippen molar-refractivity contribution in [2.24, 2.45) is 0 Å². The minimum atomic E-state index is -0.392. The van der Waals surface area contributed by atoms with Gasteiger partial charge in [-0.15, -0.1) is 0 Å². The zero-order valence-corrected chi connectivity index (χ0v) is 15.2. The van der Waals surface area contributed by atoms with Crippen LogP contribution >= 0.6 is 11.8 Å². The fourth-order valence-electron chi connectivity index (χ4n) is 2.63. The van der Waals surface area contributed by atoms with Gasteiger partial charge in [-0.2, -0.15) is 0 Å². The Bertz CT molecular complexity index is 876. The van der Waals surface area contributed by atoms with Gasteiger partial charge in [0.25, 0.3) is 17.1 Å². The van der Waals surface area contributed by atoms with E-state index in [1.54, 1.807) is 42.3 Å². The molecule has 1 heterocycles. The number of rotatable bonds is 4. The van der Waals surface area contributed by atoms with Gasteiger partial charge in [0.05, 0.1) is 10.9 Å². The Morgan fingerprint density at radius 2 is 1.73 bits per heavy atom. The molecule has 1 saturated heterocycles. The molecule has 5 nitrogen and oxygen atoms in total. The highest BCUT2D eigenvalue weighted by atomic mass is 32.2. The maximum absolute atomic E-state index is 12.7. The molecular formula is C20H18N2O3S. The lowest BCUT2D eigenvalue weighted by molar-refractivity contribution is -0.115. The minimum absolute atomic E-state index is 0.0462. The van der Waals surface area contributed by atoms with Crippen LogP contribution in [0.25, 0.3) is 6.08 Å². The molecule has 1 aliphatic heterocycles. The number of benzene rings is 2. The van der Waals surface area contributed by atoms with E-state index in [0.29, 0.717) is 10.5 Å². The molecule has 2 aromatic rings. The number of thioether (sulfide) groups is 1. The van der Waals surface area contributed by atoms with Crippen LogP contribution in [0.15, 0.2) is 59.5 Å². The summed E-state index contributed by atoms with van der Waals surface area (Å²) in [5.74, 6) is -0.472. The second kappa shape index (κ2) is 7.58. The molecule has 26 heavy (non-hydrogen) atoms. The number of imide groups is 1. The molecule has 6 heteroatoms. The van der Waals surface area contributed by atoms with Crippen LogP contribution in [-0.2, 0) is 4.79 Å². The van der Waals surface area contributed by atoms with Crippen molar-refractivity contribution in [2.75, 3.05) is 7.05 Å². The predicted octanol–water partition coefficient (Wildman–Crippen LogP) is 3.84. The lowest BCUT2D eigenvalue weighted by Gasteiger charge is -2.25. The van der Waals surface area contributed by atoms with Crippen molar-refractivity contribution in [3.05, 3.63) is 76.2 Å². The second-order valence-electron chi connectivity index (χ2n) is 5.98. The summed E-state index contributed by atoms with van der Waals surface area (Å²) in [6.07, 6.45) is 1.63. The predicted molar refractivity (Wildman–Crippen MR) is 102 cm³/mol. The van der Waals surface area contributed by atoms with E-state index in [0.717, 1.165) is 22.9 Å². The summed E-state index contributed by atoms with van der Waals surface area (Å²) in [5.41, 5.74) is 2.39. The van der Waals surface area contributed by atoms with Crippen LogP contribution in [0.1, 0.15) is 34.5 Å². The number of carbonyl (C=O) groups excluding carboxylic acids is 3. The Kier molecular flexibility index (Phi) is 5.23. The van der Waals surface area contributed by atoms with E-state index in [2.05, 4.69) is 5.32 Å². The van der Waals surface area contributed by atoms with E-state index in [9.17, 15) is 14.4 Å². The van der Waals surface area contributed by atoms with Crippen molar-refractivity contribution in [2.45, 2.75) is 13.0 Å². The van der Waals surface area contributed by atoms with Gasteiger partial charge in [-0.3, -0.25) is 19.7 Å². The minimum Gasteiger partial charge on any atom is -0.335 e. The van der Waals surface area contributed by atoms with Gasteiger partial charge >= 0.3 is 0 Å². The Morgan fingerprint density at radius 1 is 1.08 bits per heavy atom. The van der Waals surface area contributed by atoms with Crippen LogP contribution in [0, 0.1) is 0 Å². The monoisotopic (exact) mass is 366 g/mol. The van der Waals surface area contributed by atoms with Crippen LogP contribution < -0.4 is 5.32 Å². The molecule has 1 atom stereocenters. The van der Waals surface area contributed by atoms with E-state index in [1.807, 2.05) is 37.3 Å². The Balaban J connectivity index is 1.74. The van der Waals surface area contributed by atoms with Crippen LogP contribution in [-0.4, -0.2) is 29.0 Å². The summed E-state index contributed by atoms with van der Waals surface area (Å²) in [5, 5.41) is 1.84. The fraction of sp³-hybridized carbons (Fsp3) is 0.150. The van der Waals surface area contributed by atoms with Gasteiger partial charge in [-0.25, -0.2) is 0 Å². The molecule has 0 aromatic heterocycles. The standard InChI is InChI=1S/C20H18N2O3S/c1-13(15-6-4-3-5-7-15)22(2)19(24)16-10-8-14(9-11-16)12-17-18(23)21-20(25)26-17/h3-13H,1-2H3,(H,21,23,25)/b17-12-/t13-/m1/s1. The van der Waals surface area contributed by atoms with Crippen molar-refractivity contribution in [1.82, 2.24) is 10.2 Å². The molecule has 0 spiro atoms. The molecular weight excluding hydrogens is 348 g/mol. The van der Waals surface area contributed by atoms with Crippen molar-refractivity contribution >= 4 is 34.9 Å². The lowest BCUT2D eigenvalue weighted by atomic mass is 10.1. The maximum atomic E-state index is 12.7. The van der Waals surface area contributed by atoms with Crippen molar-refractivity contribution in [3.63, 3.8) is 0 Å². The van der Waals surface area contributed by atoms with E-state index in [1.165, 1.54) is 0 Å². The van der Waals surface area contributed by atoms with Gasteiger partial charge in [0.2, 0.25) is 0 Å². The van der Waals surface area contributed by atoms with Gasteiger partial charge in [0.15, 0.2) is 0 Å². The third-order valence-electron chi connectivity index (χ3n) is 4.28. The SMILES string of the molecule is C[C@H](c1ccccc1)N(C)C(=O)c1ccc(/C=C2\SC(=O)NC2=O)cc1. The van der Waals surface area contributed by atoms with Gasteiger partial charge in [0, 0.05) is 12.6 Å². The summed E-state index contributed by atoms with van der Waals surface area (Å²) in [7, 11) is 1.78. The molecule has 0 radical (unpaired) electrons. The van der Waals surface area contributed by atoms with Gasteiger partial charge in [-0.05, 0) is 48.0 Å². The highest BCUT2D eigenvalue weighted by molar-refractivity contribution is 8.18. The third-order valence-corrected chi connectivity index (χ3v) is 5.09. The van der Waals surface area contributed by atoms with Crippen LogP contribution in [0.3, 0.4) is 0 Å². The number of nitrogens with one attached hydrogen (secondary N) is 1. The third kappa shape index (κ3) is 3.86. The first-order valence-corrected chi connectivity index (χ1v) is 8.94. The Labute approximate surface area is 156 Å². The summed E-state index contributed by atoms with van der Waals surface area (Å²) < 4.78 is 0. The maximum Gasteiger partial charge on any atom is 0.290 e. The molecule has 3 rings (SSSR count). The molecule has 0 aliphatic carbocycles. The number of amides is 3. The smallest absolute Gasteiger partial charge is 0.290 e. The average Bonchev–Trinajstić information content (AvgIpc) is 2.98. The van der Waals surface area contributed by atoms with Gasteiger partial charge in [0.1, 0.15) is 0 Å². The lowest BCUT2D eigenvalue weighted by Crippen LogP contribution is -2.29. The first kappa shape index (κ1) is 17.9. The number of carbonyl (C=O) groups is 3. The van der Waals surface area contributed by atoms with E-state index >= 15 is 0 Å².